The van der Waals surface area contributed by atoms with Crippen molar-refractivity contribution < 1.29 is 9.59 Å². The summed E-state index contributed by atoms with van der Waals surface area (Å²) in [6, 6.07) is 13.5. The van der Waals surface area contributed by atoms with E-state index in [4.69, 9.17) is 0 Å². The average molecular weight is 420 g/mol. The third-order valence-electron chi connectivity index (χ3n) is 4.85. The van der Waals surface area contributed by atoms with E-state index in [0.717, 1.165) is 17.0 Å². The van der Waals surface area contributed by atoms with Crippen LogP contribution in [-0.4, -0.2) is 31.0 Å². The second-order valence-corrected chi connectivity index (χ2v) is 8.03. The van der Waals surface area contributed by atoms with Gasteiger partial charge >= 0.3 is 0 Å². The SMILES string of the molecule is CC(=O)c1sc(NC(=O)c2cnn(C)c2-n2c(C)ccc2C)nc1-c1ccccc1. The number of carbonyl (C=O) groups is 2. The van der Waals surface area contributed by atoms with Crippen LogP contribution in [0.3, 0.4) is 0 Å². The highest BCUT2D eigenvalue weighted by atomic mass is 32.1. The zero-order valence-electron chi connectivity index (χ0n) is 17.1. The number of amides is 1. The van der Waals surface area contributed by atoms with Crippen LogP contribution in [0.2, 0.25) is 0 Å². The number of rotatable bonds is 5. The second-order valence-electron chi connectivity index (χ2n) is 7.03. The summed E-state index contributed by atoms with van der Waals surface area (Å²) in [6.45, 7) is 5.46. The number of nitrogens with one attached hydrogen (secondary N) is 1. The Hall–Kier alpha value is -3.52. The van der Waals surface area contributed by atoms with E-state index in [9.17, 15) is 9.59 Å². The largest absolute Gasteiger partial charge is 0.303 e. The van der Waals surface area contributed by atoms with Crippen molar-refractivity contribution in [3.63, 3.8) is 0 Å². The third kappa shape index (κ3) is 3.46. The molecule has 3 heterocycles. The fourth-order valence-corrected chi connectivity index (χ4v) is 4.31. The van der Waals surface area contributed by atoms with Gasteiger partial charge in [0.15, 0.2) is 10.9 Å². The summed E-state index contributed by atoms with van der Waals surface area (Å²) in [5.41, 5.74) is 3.85. The number of aryl methyl sites for hydroxylation is 3. The topological polar surface area (TPSA) is 81.8 Å². The van der Waals surface area contributed by atoms with Crippen LogP contribution in [-0.2, 0) is 7.05 Å². The van der Waals surface area contributed by atoms with Gasteiger partial charge in [-0.1, -0.05) is 41.7 Å². The Balaban J connectivity index is 1.71. The first-order chi connectivity index (χ1) is 14.4. The highest BCUT2D eigenvalue weighted by Crippen LogP contribution is 2.32. The van der Waals surface area contributed by atoms with Crippen molar-refractivity contribution in [2.45, 2.75) is 20.8 Å². The smallest absolute Gasteiger partial charge is 0.262 e. The maximum Gasteiger partial charge on any atom is 0.262 e. The summed E-state index contributed by atoms with van der Waals surface area (Å²) in [4.78, 5) is 30.3. The summed E-state index contributed by atoms with van der Waals surface area (Å²) in [7, 11) is 1.80. The molecule has 0 bridgehead atoms. The minimum absolute atomic E-state index is 0.0903. The minimum atomic E-state index is -0.325. The van der Waals surface area contributed by atoms with Gasteiger partial charge in [-0.05, 0) is 26.0 Å². The van der Waals surface area contributed by atoms with Gasteiger partial charge in [0.1, 0.15) is 11.4 Å². The van der Waals surface area contributed by atoms with E-state index in [1.54, 1.807) is 17.9 Å². The van der Waals surface area contributed by atoms with Gasteiger partial charge in [0.05, 0.1) is 16.8 Å². The minimum Gasteiger partial charge on any atom is -0.303 e. The van der Waals surface area contributed by atoms with Gasteiger partial charge in [-0.25, -0.2) is 4.98 Å². The lowest BCUT2D eigenvalue weighted by Gasteiger charge is -2.12. The molecule has 3 aromatic heterocycles. The van der Waals surface area contributed by atoms with E-state index >= 15 is 0 Å². The standard InChI is InChI=1S/C22H21N5O2S/c1-13-10-11-14(2)27(13)21-17(12-23-26(21)4)20(29)25-22-24-18(19(30-22)15(3)28)16-8-6-5-7-9-16/h5-12H,1-4H3,(H,24,25,29). The average Bonchev–Trinajstić information content (AvgIpc) is 3.40. The summed E-state index contributed by atoms with van der Waals surface area (Å²) in [5, 5.41) is 7.50. The molecule has 1 aromatic carbocycles. The van der Waals surface area contributed by atoms with Crippen molar-refractivity contribution in [2.75, 3.05) is 5.32 Å². The van der Waals surface area contributed by atoms with Crippen LogP contribution in [0.25, 0.3) is 17.1 Å². The lowest BCUT2D eigenvalue weighted by molar-refractivity contribution is 0.101. The molecular weight excluding hydrogens is 398 g/mol. The Bertz CT molecular complexity index is 1230. The van der Waals surface area contributed by atoms with Gasteiger partial charge in [0.25, 0.3) is 5.91 Å². The molecule has 0 saturated carbocycles. The molecule has 0 fully saturated rings. The molecule has 7 nitrogen and oxygen atoms in total. The molecule has 30 heavy (non-hydrogen) atoms. The van der Waals surface area contributed by atoms with Gasteiger partial charge in [-0.15, -0.1) is 0 Å². The molecule has 1 N–H and O–H groups in total. The maximum absolute atomic E-state index is 13.1. The van der Waals surface area contributed by atoms with Crippen LogP contribution < -0.4 is 5.32 Å². The second kappa shape index (κ2) is 7.72. The van der Waals surface area contributed by atoms with Gasteiger partial charge in [-0.2, -0.15) is 5.10 Å². The first-order valence-corrected chi connectivity index (χ1v) is 10.2. The molecule has 0 aliphatic rings. The van der Waals surface area contributed by atoms with Crippen molar-refractivity contribution in [2.24, 2.45) is 7.05 Å². The predicted molar refractivity (Wildman–Crippen MR) is 118 cm³/mol. The van der Waals surface area contributed by atoms with Crippen molar-refractivity contribution in [1.82, 2.24) is 19.3 Å². The predicted octanol–water partition coefficient (Wildman–Crippen LogP) is 4.41. The third-order valence-corrected chi connectivity index (χ3v) is 5.92. The molecule has 0 aliphatic heterocycles. The molecular formula is C22H21N5O2S. The number of carbonyl (C=O) groups excluding carboxylic acids is 2. The van der Waals surface area contributed by atoms with Gasteiger partial charge in [-0.3, -0.25) is 19.6 Å². The molecule has 4 aromatic rings. The van der Waals surface area contributed by atoms with E-state index in [1.165, 1.54) is 18.3 Å². The Kier molecular flexibility index (Phi) is 5.09. The molecule has 0 unspecified atom stereocenters. The fraction of sp³-hybridized carbons (Fsp3) is 0.182. The maximum atomic E-state index is 13.1. The molecule has 0 aliphatic carbocycles. The number of benzene rings is 1. The summed E-state index contributed by atoms with van der Waals surface area (Å²) in [5.74, 6) is 0.265. The van der Waals surface area contributed by atoms with Crippen LogP contribution in [0.1, 0.15) is 38.3 Å². The number of aromatic nitrogens is 4. The quantitative estimate of drug-likeness (QED) is 0.486. The van der Waals surface area contributed by atoms with E-state index < -0.39 is 0 Å². The Morgan fingerprint density at radius 1 is 1.03 bits per heavy atom. The van der Waals surface area contributed by atoms with Crippen LogP contribution >= 0.6 is 11.3 Å². The highest BCUT2D eigenvalue weighted by Gasteiger charge is 2.23. The number of hydrogen-bond acceptors (Lipinski definition) is 5. The first-order valence-electron chi connectivity index (χ1n) is 9.42. The van der Waals surface area contributed by atoms with Gasteiger partial charge in [0, 0.05) is 30.9 Å². The normalized spacial score (nSPS) is 10.9. The fourth-order valence-electron chi connectivity index (χ4n) is 3.43. The van der Waals surface area contributed by atoms with Crippen LogP contribution in [0.4, 0.5) is 5.13 Å². The molecule has 152 valence electrons. The molecule has 0 radical (unpaired) electrons. The van der Waals surface area contributed by atoms with Crippen LogP contribution in [0.5, 0.6) is 0 Å². The molecule has 4 rings (SSSR count). The van der Waals surface area contributed by atoms with Crippen molar-refractivity contribution in [1.29, 1.82) is 0 Å². The molecule has 0 atom stereocenters. The zero-order chi connectivity index (χ0) is 21.4. The number of ketones is 1. The number of nitrogens with zero attached hydrogens (tertiary/aromatic N) is 4. The molecule has 8 heteroatoms. The van der Waals surface area contributed by atoms with Gasteiger partial charge in [0.2, 0.25) is 0 Å². The molecule has 0 saturated heterocycles. The van der Waals surface area contributed by atoms with Crippen molar-refractivity contribution in [3.8, 4) is 17.1 Å². The van der Waals surface area contributed by atoms with Crippen LogP contribution in [0, 0.1) is 13.8 Å². The summed E-state index contributed by atoms with van der Waals surface area (Å²) in [6.07, 6.45) is 1.54. The van der Waals surface area contributed by atoms with Gasteiger partial charge < -0.3 is 4.57 Å². The van der Waals surface area contributed by atoms with Crippen molar-refractivity contribution >= 4 is 28.2 Å². The van der Waals surface area contributed by atoms with Crippen molar-refractivity contribution in [3.05, 3.63) is 70.5 Å². The number of hydrogen-bond donors (Lipinski definition) is 1. The summed E-state index contributed by atoms with van der Waals surface area (Å²) < 4.78 is 3.66. The van der Waals surface area contributed by atoms with E-state index in [0.29, 0.717) is 27.1 Å². The molecule has 1 amide bonds. The zero-order valence-corrected chi connectivity index (χ0v) is 17.9. The summed E-state index contributed by atoms with van der Waals surface area (Å²) >= 11 is 1.18. The highest BCUT2D eigenvalue weighted by molar-refractivity contribution is 7.18. The van der Waals surface area contributed by atoms with Crippen LogP contribution in [0.15, 0.2) is 48.7 Å². The van der Waals surface area contributed by atoms with E-state index in [2.05, 4.69) is 15.4 Å². The number of anilines is 1. The molecule has 0 spiro atoms. The monoisotopic (exact) mass is 419 g/mol. The lowest BCUT2D eigenvalue weighted by Crippen LogP contribution is -2.16. The van der Waals surface area contributed by atoms with E-state index in [1.807, 2.05) is 60.9 Å². The number of thiazole rings is 1. The Labute approximate surface area is 178 Å². The Morgan fingerprint density at radius 3 is 2.33 bits per heavy atom. The lowest BCUT2D eigenvalue weighted by atomic mass is 10.1. The first kappa shape index (κ1) is 19.8. The number of Topliss-reactive ketones (excluding diaryl/α,β-unsaturated/α-hetero) is 1. The Morgan fingerprint density at radius 2 is 1.70 bits per heavy atom. The van der Waals surface area contributed by atoms with E-state index in [-0.39, 0.29) is 11.7 Å².